The Kier molecular flexibility index (Phi) is 8.42. The highest BCUT2D eigenvalue weighted by molar-refractivity contribution is 7.85. The molecule has 3 aromatic carbocycles. The fourth-order valence-electron chi connectivity index (χ4n) is 5.40. The molecular weight excluding hydrogens is 622 g/mol. The topological polar surface area (TPSA) is 141 Å². The smallest absolute Gasteiger partial charge is 0.321 e. The van der Waals surface area contributed by atoms with Crippen molar-refractivity contribution in [1.82, 2.24) is 20.4 Å². The van der Waals surface area contributed by atoms with E-state index in [2.05, 4.69) is 15.7 Å². The van der Waals surface area contributed by atoms with Crippen molar-refractivity contribution in [1.29, 1.82) is 0 Å². The van der Waals surface area contributed by atoms with Gasteiger partial charge in [0.05, 0.1) is 29.2 Å². The van der Waals surface area contributed by atoms with Crippen LogP contribution >= 0.6 is 0 Å². The van der Waals surface area contributed by atoms with Gasteiger partial charge < -0.3 is 30.0 Å². The molecule has 2 aliphatic rings. The van der Waals surface area contributed by atoms with E-state index in [4.69, 9.17) is 14.2 Å². The molecule has 14 heteroatoms. The van der Waals surface area contributed by atoms with Gasteiger partial charge in [-0.05, 0) is 61.0 Å². The van der Waals surface area contributed by atoms with E-state index in [1.165, 1.54) is 0 Å². The second-order valence-electron chi connectivity index (χ2n) is 11.4. The van der Waals surface area contributed by atoms with Crippen LogP contribution in [0.15, 0.2) is 66.9 Å². The van der Waals surface area contributed by atoms with E-state index in [1.54, 1.807) is 78.5 Å². The Labute approximate surface area is 265 Å². The highest BCUT2D eigenvalue weighted by atomic mass is 32.2. The van der Waals surface area contributed by atoms with Crippen molar-refractivity contribution >= 4 is 33.5 Å². The zero-order valence-electron chi connectivity index (χ0n) is 25.0. The van der Waals surface area contributed by atoms with Crippen LogP contribution in [0.4, 0.5) is 8.78 Å². The number of carbonyl (C=O) groups excluding carboxylic acids is 2. The van der Waals surface area contributed by atoms with Crippen molar-refractivity contribution in [3.63, 3.8) is 0 Å². The summed E-state index contributed by atoms with van der Waals surface area (Å²) in [6, 6.07) is 16.2. The van der Waals surface area contributed by atoms with Crippen LogP contribution in [-0.4, -0.2) is 73.3 Å². The largest absolute Gasteiger partial charge is 0.486 e. The Balaban J connectivity index is 1.26. The predicted molar refractivity (Wildman–Crippen MR) is 165 cm³/mol. The minimum absolute atomic E-state index is 0.0155. The second-order valence-corrected chi connectivity index (χ2v) is 13.0. The molecule has 1 saturated heterocycles. The van der Waals surface area contributed by atoms with Crippen molar-refractivity contribution in [3.8, 4) is 22.9 Å². The van der Waals surface area contributed by atoms with Gasteiger partial charge in [0.25, 0.3) is 11.8 Å². The van der Waals surface area contributed by atoms with Crippen LogP contribution in [0.3, 0.4) is 0 Å². The van der Waals surface area contributed by atoms with Crippen molar-refractivity contribution in [2.75, 3.05) is 24.7 Å². The van der Waals surface area contributed by atoms with Gasteiger partial charge in [-0.15, -0.1) is 0 Å². The normalized spacial score (nSPS) is 20.6. The molecule has 2 amide bonds. The van der Waals surface area contributed by atoms with E-state index in [0.717, 1.165) is 0 Å². The van der Waals surface area contributed by atoms with Crippen LogP contribution in [0.25, 0.3) is 16.6 Å². The lowest BCUT2D eigenvalue weighted by Gasteiger charge is -2.28. The lowest BCUT2D eigenvalue weighted by Crippen LogP contribution is -2.49. The fraction of sp³-hybridized carbons (Fsp3) is 0.344. The molecule has 0 spiro atoms. The second kappa shape index (κ2) is 12.3. The van der Waals surface area contributed by atoms with E-state index < -0.39 is 46.4 Å². The Morgan fingerprint density at radius 1 is 1.11 bits per heavy atom. The van der Waals surface area contributed by atoms with E-state index in [-0.39, 0.29) is 12.2 Å². The van der Waals surface area contributed by atoms with Crippen molar-refractivity contribution in [2.45, 2.75) is 44.1 Å². The molecule has 242 valence electrons. The van der Waals surface area contributed by atoms with Gasteiger partial charge in [-0.25, -0.2) is 4.68 Å². The van der Waals surface area contributed by atoms with Crippen molar-refractivity contribution < 1.29 is 41.9 Å². The summed E-state index contributed by atoms with van der Waals surface area (Å²) in [5.41, 5.74) is 0.642. The number of ether oxygens (including phenoxy) is 3. The Hall–Kier alpha value is -4.56. The maximum absolute atomic E-state index is 13.8. The molecule has 4 atom stereocenters. The third-order valence-corrected chi connectivity index (χ3v) is 9.21. The lowest BCUT2D eigenvalue weighted by atomic mass is 10.0. The van der Waals surface area contributed by atoms with Gasteiger partial charge in [0.2, 0.25) is 0 Å². The molecule has 0 saturated carbocycles. The lowest BCUT2D eigenvalue weighted by molar-refractivity contribution is -0.144. The van der Waals surface area contributed by atoms with Gasteiger partial charge in [-0.1, -0.05) is 12.1 Å². The highest BCUT2D eigenvalue weighted by Gasteiger charge is 2.38. The molecule has 2 aliphatic heterocycles. The Morgan fingerprint density at radius 2 is 1.89 bits per heavy atom. The first kappa shape index (κ1) is 31.4. The van der Waals surface area contributed by atoms with Gasteiger partial charge in [0.1, 0.15) is 30.8 Å². The summed E-state index contributed by atoms with van der Waals surface area (Å²) in [7, 11) is -1.18. The maximum atomic E-state index is 13.8. The minimum atomic E-state index is -3.58. The molecule has 6 rings (SSSR count). The monoisotopic (exact) mass is 654 g/mol. The molecule has 0 radical (unpaired) electrons. The quantitative estimate of drug-likeness (QED) is 0.233. The molecular formula is C32H32F2N4O7S. The third-order valence-electron chi connectivity index (χ3n) is 7.75. The van der Waals surface area contributed by atoms with E-state index in [1.807, 2.05) is 0 Å². The van der Waals surface area contributed by atoms with E-state index >= 15 is 0 Å². The molecule has 0 bridgehead atoms. The zero-order valence-corrected chi connectivity index (χ0v) is 25.8. The number of benzene rings is 3. The summed E-state index contributed by atoms with van der Waals surface area (Å²) in [5, 5.41) is 20.7. The van der Waals surface area contributed by atoms with E-state index in [0.29, 0.717) is 70.9 Å². The van der Waals surface area contributed by atoms with Gasteiger partial charge in [-0.3, -0.25) is 13.8 Å². The summed E-state index contributed by atoms with van der Waals surface area (Å²) in [4.78, 5) is 25.1. The van der Waals surface area contributed by atoms with Crippen LogP contribution in [0.1, 0.15) is 42.3 Å². The van der Waals surface area contributed by atoms with Gasteiger partial charge in [-0.2, -0.15) is 13.9 Å². The number of nitrogens with zero attached hydrogens (tertiary/aromatic N) is 2. The SMILES string of the molecule is C[C@H](NC(=O)C(C)(F)F)[C@H](Oc1ccc2c(cnn2-c2cccc(C(=O)N[C@@]3(O)CCS(=O)C3)c2)c1)c1ccc2c(c1)OCCO2. The number of halogens is 2. The van der Waals surface area contributed by atoms with Crippen molar-refractivity contribution in [3.05, 3.63) is 78.0 Å². The number of aromatic nitrogens is 2. The number of amides is 2. The third kappa shape index (κ3) is 6.67. The number of rotatable bonds is 9. The summed E-state index contributed by atoms with van der Waals surface area (Å²) in [6.45, 7) is 2.87. The fourth-order valence-corrected chi connectivity index (χ4v) is 6.85. The first-order valence-corrected chi connectivity index (χ1v) is 16.1. The van der Waals surface area contributed by atoms with Crippen LogP contribution < -0.4 is 24.8 Å². The molecule has 4 aromatic rings. The van der Waals surface area contributed by atoms with Crippen LogP contribution in [-0.2, 0) is 15.6 Å². The minimum Gasteiger partial charge on any atom is -0.486 e. The summed E-state index contributed by atoms with van der Waals surface area (Å²) in [5.74, 6) is -3.77. The van der Waals surface area contributed by atoms with Gasteiger partial charge >= 0.3 is 5.92 Å². The molecule has 11 nitrogen and oxygen atoms in total. The summed E-state index contributed by atoms with van der Waals surface area (Å²) >= 11 is 0. The number of fused-ring (bicyclic) bond motifs is 2. The number of hydrogen-bond acceptors (Lipinski definition) is 8. The summed E-state index contributed by atoms with van der Waals surface area (Å²) in [6.07, 6.45) is 0.954. The molecule has 1 unspecified atom stereocenters. The zero-order chi connectivity index (χ0) is 32.6. The number of aliphatic hydroxyl groups is 1. The Morgan fingerprint density at radius 3 is 2.63 bits per heavy atom. The number of alkyl halides is 2. The van der Waals surface area contributed by atoms with Crippen molar-refractivity contribution in [2.24, 2.45) is 0 Å². The van der Waals surface area contributed by atoms with Gasteiger partial charge in [0, 0.05) is 40.8 Å². The molecule has 3 heterocycles. The standard InChI is InChI=1S/C32H32F2N4O7S/c1-19(36-30(40)31(2,33)34)28(20-6-9-26-27(16-20)44-12-11-43-26)45-24-7-8-25-22(15-24)17-35-38(25)23-5-3-4-21(14-23)29(39)37-32(41)10-13-46(42)18-32/h3-9,14-17,19,28,41H,10-13,18H2,1-2H3,(H,36,40)(H,37,39)/t19-,28-,32+,46?/m0/s1. The summed E-state index contributed by atoms with van der Waals surface area (Å²) < 4.78 is 58.5. The maximum Gasteiger partial charge on any atom is 0.321 e. The van der Waals surface area contributed by atoms with Crippen LogP contribution in [0.5, 0.6) is 17.2 Å². The number of carbonyl (C=O) groups is 2. The first-order valence-electron chi connectivity index (χ1n) is 14.6. The number of nitrogens with one attached hydrogen (secondary N) is 2. The molecule has 46 heavy (non-hydrogen) atoms. The molecule has 0 aliphatic carbocycles. The van der Waals surface area contributed by atoms with Crippen LogP contribution in [0.2, 0.25) is 0 Å². The molecule has 3 N–H and O–H groups in total. The molecule has 1 fully saturated rings. The molecule has 1 aromatic heterocycles. The Bertz CT molecular complexity index is 1830. The highest BCUT2D eigenvalue weighted by Crippen LogP contribution is 2.36. The first-order chi connectivity index (χ1) is 21.9. The van der Waals surface area contributed by atoms with Gasteiger partial charge in [0.15, 0.2) is 11.5 Å². The average Bonchev–Trinajstić information content (AvgIpc) is 3.60. The average molecular weight is 655 g/mol. The van der Waals surface area contributed by atoms with Crippen LogP contribution in [0, 0.1) is 0 Å². The number of hydrogen-bond donors (Lipinski definition) is 3. The predicted octanol–water partition coefficient (Wildman–Crippen LogP) is 3.65. The van der Waals surface area contributed by atoms with E-state index in [9.17, 15) is 27.7 Å².